The number of aromatic nitrogens is 4. The van der Waals surface area contributed by atoms with Crippen molar-refractivity contribution in [1.29, 1.82) is 0 Å². The van der Waals surface area contributed by atoms with Crippen LogP contribution in [0.1, 0.15) is 17.0 Å². The van der Waals surface area contributed by atoms with Gasteiger partial charge in [0.1, 0.15) is 0 Å². The molecule has 18 heavy (non-hydrogen) atoms. The molecule has 2 aromatic rings. The monoisotopic (exact) mass is 250 g/mol. The first-order valence-electron chi connectivity index (χ1n) is 5.24. The summed E-state index contributed by atoms with van der Waals surface area (Å²) in [5.41, 5.74) is 1.86. The molecule has 0 spiro atoms. The molecule has 0 amide bonds. The molecule has 2 rings (SSSR count). The summed E-state index contributed by atoms with van der Waals surface area (Å²) in [6.07, 6.45) is 1.96. The standard InChI is InChI=1S/C11H11FN4O2/c1-6-9(3-10(17)18)7(2)16(15-6)11-13-4-8(12)5-14-11/h4-5H,3H2,1-2H3,(H,17,18). The second-order valence-electron chi connectivity index (χ2n) is 3.83. The Kier molecular flexibility index (Phi) is 3.05. The van der Waals surface area contributed by atoms with E-state index in [1.54, 1.807) is 13.8 Å². The van der Waals surface area contributed by atoms with Crippen LogP contribution < -0.4 is 0 Å². The Morgan fingerprint density at radius 1 is 1.39 bits per heavy atom. The first-order chi connectivity index (χ1) is 8.49. The van der Waals surface area contributed by atoms with E-state index in [0.29, 0.717) is 17.0 Å². The summed E-state index contributed by atoms with van der Waals surface area (Å²) in [7, 11) is 0. The van der Waals surface area contributed by atoms with Crippen molar-refractivity contribution in [2.24, 2.45) is 0 Å². The van der Waals surface area contributed by atoms with Gasteiger partial charge in [0.05, 0.1) is 24.5 Å². The van der Waals surface area contributed by atoms with Gasteiger partial charge >= 0.3 is 5.97 Å². The molecule has 0 aliphatic carbocycles. The predicted molar refractivity (Wildman–Crippen MR) is 59.9 cm³/mol. The maximum atomic E-state index is 12.7. The third kappa shape index (κ3) is 2.20. The van der Waals surface area contributed by atoms with Gasteiger partial charge in [-0.05, 0) is 13.8 Å². The molecule has 0 aromatic carbocycles. The van der Waals surface area contributed by atoms with Gasteiger partial charge in [0.2, 0.25) is 0 Å². The number of hydrogen-bond acceptors (Lipinski definition) is 4. The second kappa shape index (κ2) is 4.52. The molecule has 0 fully saturated rings. The summed E-state index contributed by atoms with van der Waals surface area (Å²) in [5, 5.41) is 13.0. The average Bonchev–Trinajstić information content (AvgIpc) is 2.58. The van der Waals surface area contributed by atoms with E-state index in [1.807, 2.05) is 0 Å². The average molecular weight is 250 g/mol. The second-order valence-corrected chi connectivity index (χ2v) is 3.83. The molecule has 94 valence electrons. The largest absolute Gasteiger partial charge is 0.481 e. The number of halogens is 1. The van der Waals surface area contributed by atoms with E-state index < -0.39 is 11.8 Å². The van der Waals surface area contributed by atoms with Crippen molar-refractivity contribution < 1.29 is 14.3 Å². The Hall–Kier alpha value is -2.31. The van der Waals surface area contributed by atoms with Crippen molar-refractivity contribution in [2.75, 3.05) is 0 Å². The van der Waals surface area contributed by atoms with Crippen molar-refractivity contribution in [3.05, 3.63) is 35.2 Å². The van der Waals surface area contributed by atoms with Crippen LogP contribution in [0.25, 0.3) is 5.95 Å². The van der Waals surface area contributed by atoms with E-state index in [-0.39, 0.29) is 12.4 Å². The number of carboxylic acids is 1. The zero-order chi connectivity index (χ0) is 13.3. The van der Waals surface area contributed by atoms with E-state index in [9.17, 15) is 9.18 Å². The van der Waals surface area contributed by atoms with E-state index in [0.717, 1.165) is 12.4 Å². The number of aryl methyl sites for hydroxylation is 1. The van der Waals surface area contributed by atoms with Gasteiger partial charge in [-0.25, -0.2) is 19.0 Å². The Bertz CT molecular complexity index is 592. The Balaban J connectivity index is 2.46. The van der Waals surface area contributed by atoms with Crippen LogP contribution in [0, 0.1) is 19.7 Å². The molecule has 0 aliphatic rings. The fourth-order valence-electron chi connectivity index (χ4n) is 1.69. The van der Waals surface area contributed by atoms with Gasteiger partial charge in [0.15, 0.2) is 5.82 Å². The molecule has 0 saturated carbocycles. The van der Waals surface area contributed by atoms with Crippen LogP contribution >= 0.6 is 0 Å². The molecule has 1 N–H and O–H groups in total. The lowest BCUT2D eigenvalue weighted by Gasteiger charge is -2.02. The minimum Gasteiger partial charge on any atom is -0.481 e. The van der Waals surface area contributed by atoms with Gasteiger partial charge in [-0.3, -0.25) is 4.79 Å². The third-order valence-electron chi connectivity index (χ3n) is 2.57. The number of carboxylic acid groups (broad SMARTS) is 1. The fourth-order valence-corrected chi connectivity index (χ4v) is 1.69. The highest BCUT2D eigenvalue weighted by Gasteiger charge is 2.16. The molecule has 0 unspecified atom stereocenters. The van der Waals surface area contributed by atoms with Crippen molar-refractivity contribution >= 4 is 5.97 Å². The third-order valence-corrected chi connectivity index (χ3v) is 2.57. The summed E-state index contributed by atoms with van der Waals surface area (Å²) >= 11 is 0. The van der Waals surface area contributed by atoms with Gasteiger partial charge in [-0.2, -0.15) is 5.10 Å². The Labute approximate surface area is 102 Å². The van der Waals surface area contributed by atoms with Crippen LogP contribution in [0.3, 0.4) is 0 Å². The maximum absolute atomic E-state index is 12.7. The first kappa shape index (κ1) is 12.2. The maximum Gasteiger partial charge on any atom is 0.307 e. The van der Waals surface area contributed by atoms with Gasteiger partial charge in [0, 0.05) is 11.3 Å². The zero-order valence-electron chi connectivity index (χ0n) is 9.88. The fraction of sp³-hybridized carbons (Fsp3) is 0.273. The molecule has 2 heterocycles. The normalized spacial score (nSPS) is 10.6. The minimum absolute atomic E-state index is 0.112. The lowest BCUT2D eigenvalue weighted by Crippen LogP contribution is -2.06. The quantitative estimate of drug-likeness (QED) is 0.880. The smallest absolute Gasteiger partial charge is 0.307 e. The van der Waals surface area contributed by atoms with Crippen LogP contribution in [-0.2, 0) is 11.2 Å². The summed E-state index contributed by atoms with van der Waals surface area (Å²) in [6.45, 7) is 3.44. The highest BCUT2D eigenvalue weighted by atomic mass is 19.1. The molecule has 0 bridgehead atoms. The van der Waals surface area contributed by atoms with Crippen LogP contribution in [-0.4, -0.2) is 30.8 Å². The van der Waals surface area contributed by atoms with E-state index in [1.165, 1.54) is 4.68 Å². The van der Waals surface area contributed by atoms with Crippen LogP contribution in [0.5, 0.6) is 0 Å². The zero-order valence-corrected chi connectivity index (χ0v) is 9.88. The number of nitrogens with zero attached hydrogens (tertiary/aromatic N) is 4. The first-order valence-corrected chi connectivity index (χ1v) is 5.24. The predicted octanol–water partition coefficient (Wildman–Crippen LogP) is 1.05. The lowest BCUT2D eigenvalue weighted by atomic mass is 10.1. The van der Waals surface area contributed by atoms with E-state index >= 15 is 0 Å². The summed E-state index contributed by atoms with van der Waals surface area (Å²) < 4.78 is 14.1. The molecular formula is C11H11FN4O2. The van der Waals surface area contributed by atoms with Gasteiger partial charge in [-0.1, -0.05) is 0 Å². The summed E-state index contributed by atoms with van der Waals surface area (Å²) in [5.74, 6) is -1.25. The van der Waals surface area contributed by atoms with Crippen LogP contribution in [0.2, 0.25) is 0 Å². The lowest BCUT2D eigenvalue weighted by molar-refractivity contribution is -0.136. The van der Waals surface area contributed by atoms with E-state index in [4.69, 9.17) is 5.11 Å². The van der Waals surface area contributed by atoms with E-state index in [2.05, 4.69) is 15.1 Å². The number of aliphatic carboxylic acids is 1. The van der Waals surface area contributed by atoms with Gasteiger partial charge < -0.3 is 5.11 Å². The van der Waals surface area contributed by atoms with Crippen molar-refractivity contribution in [3.63, 3.8) is 0 Å². The SMILES string of the molecule is Cc1nn(-c2ncc(F)cn2)c(C)c1CC(=O)O. The van der Waals surface area contributed by atoms with Gasteiger partial charge in [-0.15, -0.1) is 0 Å². The minimum atomic E-state index is -0.930. The highest BCUT2D eigenvalue weighted by Crippen LogP contribution is 2.16. The summed E-state index contributed by atoms with van der Waals surface area (Å²) in [6, 6.07) is 0. The summed E-state index contributed by atoms with van der Waals surface area (Å²) in [4.78, 5) is 18.4. The Morgan fingerprint density at radius 3 is 2.56 bits per heavy atom. The van der Waals surface area contributed by atoms with Crippen molar-refractivity contribution in [1.82, 2.24) is 19.7 Å². The molecular weight excluding hydrogens is 239 g/mol. The molecule has 0 atom stereocenters. The molecule has 2 aromatic heterocycles. The number of rotatable bonds is 3. The molecule has 0 saturated heterocycles. The van der Waals surface area contributed by atoms with Crippen LogP contribution in [0.15, 0.2) is 12.4 Å². The molecule has 0 radical (unpaired) electrons. The highest BCUT2D eigenvalue weighted by molar-refractivity contribution is 5.71. The number of carbonyl (C=O) groups is 1. The topological polar surface area (TPSA) is 80.9 Å². The van der Waals surface area contributed by atoms with Crippen molar-refractivity contribution in [2.45, 2.75) is 20.3 Å². The molecule has 0 aliphatic heterocycles. The van der Waals surface area contributed by atoms with Crippen LogP contribution in [0.4, 0.5) is 4.39 Å². The molecule has 6 nitrogen and oxygen atoms in total. The molecule has 7 heteroatoms. The number of hydrogen-bond donors (Lipinski definition) is 1. The Morgan fingerprint density at radius 2 is 2.00 bits per heavy atom. The van der Waals surface area contributed by atoms with Crippen molar-refractivity contribution in [3.8, 4) is 5.95 Å². The van der Waals surface area contributed by atoms with Gasteiger partial charge in [0.25, 0.3) is 5.95 Å².